The number of rotatable bonds is 5. The van der Waals surface area contributed by atoms with Crippen LogP contribution < -0.4 is 10.6 Å². The van der Waals surface area contributed by atoms with E-state index >= 15 is 0 Å². The van der Waals surface area contributed by atoms with Gasteiger partial charge >= 0.3 is 0 Å². The molecule has 140 valence electrons. The molecule has 1 aromatic rings. The zero-order valence-electron chi connectivity index (χ0n) is 15.8. The first-order valence-electron chi connectivity index (χ1n) is 8.62. The van der Waals surface area contributed by atoms with Crippen molar-refractivity contribution in [1.82, 2.24) is 5.32 Å². The molecule has 0 bridgehead atoms. The molecule has 1 aliphatic heterocycles. The van der Waals surface area contributed by atoms with Gasteiger partial charge in [0.15, 0.2) is 0 Å². The van der Waals surface area contributed by atoms with Crippen LogP contribution in [-0.2, 0) is 16.0 Å². The van der Waals surface area contributed by atoms with Crippen LogP contribution in [0.2, 0.25) is 0 Å². The quantitative estimate of drug-likeness (QED) is 0.813. The lowest BCUT2D eigenvalue weighted by atomic mass is 9.72. The average Bonchev–Trinajstić information content (AvgIpc) is 2.61. The highest BCUT2D eigenvalue weighted by molar-refractivity contribution is 8.03. The number of nitriles is 2. The third-order valence-electron chi connectivity index (χ3n) is 4.68. The molecule has 2 amide bonds. The van der Waals surface area contributed by atoms with Crippen LogP contribution in [0.4, 0.5) is 5.69 Å². The number of hydrogen-bond donors (Lipinski definition) is 2. The van der Waals surface area contributed by atoms with Crippen molar-refractivity contribution in [2.24, 2.45) is 11.3 Å². The van der Waals surface area contributed by atoms with Crippen molar-refractivity contribution in [1.29, 1.82) is 10.5 Å². The van der Waals surface area contributed by atoms with Gasteiger partial charge in [-0.2, -0.15) is 10.5 Å². The molecule has 0 radical (unpaired) electrons. The molecule has 1 aromatic carbocycles. The molecule has 0 fully saturated rings. The van der Waals surface area contributed by atoms with E-state index in [-0.39, 0.29) is 11.7 Å². The molecule has 1 aliphatic rings. The molecular weight excluding hydrogens is 360 g/mol. The van der Waals surface area contributed by atoms with Crippen LogP contribution in [0.5, 0.6) is 0 Å². The average molecular weight is 382 g/mol. The van der Waals surface area contributed by atoms with Crippen LogP contribution >= 0.6 is 11.8 Å². The summed E-state index contributed by atoms with van der Waals surface area (Å²) in [6.45, 7) is 7.35. The third kappa shape index (κ3) is 4.15. The first-order valence-corrected chi connectivity index (χ1v) is 9.61. The summed E-state index contributed by atoms with van der Waals surface area (Å²) in [4.78, 5) is 24.6. The number of benzene rings is 1. The molecule has 1 heterocycles. The van der Waals surface area contributed by atoms with Gasteiger partial charge in [-0.05, 0) is 24.5 Å². The summed E-state index contributed by atoms with van der Waals surface area (Å²) < 4.78 is 0. The lowest BCUT2D eigenvalue weighted by molar-refractivity contribution is -0.125. The van der Waals surface area contributed by atoms with Gasteiger partial charge in [0.25, 0.3) is 0 Å². The van der Waals surface area contributed by atoms with E-state index in [0.29, 0.717) is 10.6 Å². The standard InChI is InChI=1S/C20H22N4O2S/c1-5-13-8-6-7-12(2)17(13)23-16(25)11-27-19-15(10-22)20(3,4)14(9-21)18(26)24-19/h6-8,14H,5,11H2,1-4H3,(H,23,25)(H,24,26)/t14-/m0/s1. The predicted octanol–water partition coefficient (Wildman–Crippen LogP) is 3.26. The Morgan fingerprint density at radius 3 is 2.67 bits per heavy atom. The molecule has 0 aromatic heterocycles. The summed E-state index contributed by atoms with van der Waals surface area (Å²) >= 11 is 1.10. The molecule has 7 heteroatoms. The maximum Gasteiger partial charge on any atom is 0.243 e. The van der Waals surface area contributed by atoms with Gasteiger partial charge in [-0.15, -0.1) is 0 Å². The van der Waals surface area contributed by atoms with E-state index in [2.05, 4.69) is 16.7 Å². The first-order chi connectivity index (χ1) is 12.8. The smallest absolute Gasteiger partial charge is 0.243 e. The maximum absolute atomic E-state index is 12.4. The highest BCUT2D eigenvalue weighted by atomic mass is 32.2. The van der Waals surface area contributed by atoms with E-state index in [9.17, 15) is 20.1 Å². The Bertz CT molecular complexity index is 890. The van der Waals surface area contributed by atoms with Crippen LogP contribution in [0.15, 0.2) is 28.8 Å². The van der Waals surface area contributed by atoms with Crippen LogP contribution in [-0.4, -0.2) is 17.6 Å². The fraction of sp³-hybridized carbons (Fsp3) is 0.400. The predicted molar refractivity (Wildman–Crippen MR) is 105 cm³/mol. The van der Waals surface area contributed by atoms with Gasteiger partial charge in [-0.25, -0.2) is 0 Å². The van der Waals surface area contributed by atoms with E-state index in [1.165, 1.54) is 0 Å². The monoisotopic (exact) mass is 382 g/mol. The third-order valence-corrected chi connectivity index (χ3v) is 5.69. The number of carbonyl (C=O) groups excluding carboxylic acids is 2. The number of aryl methyl sites for hydroxylation is 2. The molecule has 1 atom stereocenters. The van der Waals surface area contributed by atoms with Gasteiger partial charge in [0.1, 0.15) is 5.92 Å². The number of anilines is 1. The number of carbonyl (C=O) groups is 2. The maximum atomic E-state index is 12.4. The van der Waals surface area contributed by atoms with Gasteiger partial charge in [0, 0.05) is 11.1 Å². The number of thioether (sulfide) groups is 1. The lowest BCUT2D eigenvalue weighted by Crippen LogP contribution is -2.44. The summed E-state index contributed by atoms with van der Waals surface area (Å²) in [5.41, 5.74) is 2.24. The molecule has 0 saturated carbocycles. The SMILES string of the molecule is CCc1cccc(C)c1NC(=O)CSC1=C(C#N)C(C)(C)[C@@H](C#N)C(=O)N1. The number of nitrogens with one attached hydrogen (secondary N) is 2. The second-order valence-electron chi connectivity index (χ2n) is 6.89. The molecule has 2 N–H and O–H groups in total. The van der Waals surface area contributed by atoms with Crippen molar-refractivity contribution < 1.29 is 9.59 Å². The van der Waals surface area contributed by atoms with Crippen molar-refractivity contribution >= 4 is 29.3 Å². The van der Waals surface area contributed by atoms with Crippen molar-refractivity contribution in [2.75, 3.05) is 11.1 Å². The number of para-hydroxylation sites is 1. The van der Waals surface area contributed by atoms with E-state index in [0.717, 1.165) is 35.0 Å². The second-order valence-corrected chi connectivity index (χ2v) is 7.87. The molecule has 0 aliphatic carbocycles. The number of nitrogens with zero attached hydrogens (tertiary/aromatic N) is 2. The van der Waals surface area contributed by atoms with Gasteiger partial charge in [0.05, 0.1) is 28.5 Å². The van der Waals surface area contributed by atoms with Crippen molar-refractivity contribution in [3.63, 3.8) is 0 Å². The Labute approximate surface area is 163 Å². The van der Waals surface area contributed by atoms with Gasteiger partial charge < -0.3 is 10.6 Å². The van der Waals surface area contributed by atoms with Gasteiger partial charge in [0.2, 0.25) is 11.8 Å². The highest BCUT2D eigenvalue weighted by Gasteiger charge is 2.44. The summed E-state index contributed by atoms with van der Waals surface area (Å²) in [6, 6.07) is 9.91. The first kappa shape index (κ1) is 20.5. The molecule has 0 unspecified atom stereocenters. The van der Waals surface area contributed by atoms with Crippen molar-refractivity contribution in [3.8, 4) is 12.1 Å². The number of hydrogen-bond acceptors (Lipinski definition) is 5. The number of allylic oxidation sites excluding steroid dienone is 1. The van der Waals surface area contributed by atoms with Crippen LogP contribution in [0.25, 0.3) is 0 Å². The molecule has 0 spiro atoms. The second kappa shape index (κ2) is 8.28. The van der Waals surface area contributed by atoms with Gasteiger partial charge in [-0.3, -0.25) is 9.59 Å². The molecule has 6 nitrogen and oxygen atoms in total. The van der Waals surface area contributed by atoms with Crippen molar-refractivity contribution in [3.05, 3.63) is 39.9 Å². The van der Waals surface area contributed by atoms with Crippen LogP contribution in [0, 0.1) is 40.9 Å². The molecular formula is C20H22N4O2S. The fourth-order valence-corrected chi connectivity index (χ4v) is 4.02. The Kier molecular flexibility index (Phi) is 6.30. The highest BCUT2D eigenvalue weighted by Crippen LogP contribution is 2.41. The van der Waals surface area contributed by atoms with Crippen LogP contribution in [0.3, 0.4) is 0 Å². The zero-order valence-corrected chi connectivity index (χ0v) is 16.7. The number of amides is 2. The summed E-state index contributed by atoms with van der Waals surface area (Å²) in [5, 5.41) is 24.6. The largest absolute Gasteiger partial charge is 0.325 e. The lowest BCUT2D eigenvalue weighted by Gasteiger charge is -2.34. The molecule has 2 rings (SSSR count). The topological polar surface area (TPSA) is 106 Å². The summed E-state index contributed by atoms with van der Waals surface area (Å²) in [6.07, 6.45) is 0.800. The zero-order chi connectivity index (χ0) is 20.2. The summed E-state index contributed by atoms with van der Waals surface area (Å²) in [5.74, 6) is -1.56. The summed E-state index contributed by atoms with van der Waals surface area (Å²) in [7, 11) is 0. The van der Waals surface area contributed by atoms with E-state index < -0.39 is 17.2 Å². The minimum absolute atomic E-state index is 0.0472. The van der Waals surface area contributed by atoms with E-state index in [1.54, 1.807) is 13.8 Å². The normalized spacial score (nSPS) is 18.3. The van der Waals surface area contributed by atoms with E-state index in [1.807, 2.05) is 38.1 Å². The fourth-order valence-electron chi connectivity index (χ4n) is 3.05. The van der Waals surface area contributed by atoms with Gasteiger partial charge in [-0.1, -0.05) is 50.7 Å². The Morgan fingerprint density at radius 2 is 2.07 bits per heavy atom. The minimum atomic E-state index is -0.940. The Hall–Kier alpha value is -2.77. The van der Waals surface area contributed by atoms with Crippen molar-refractivity contribution in [2.45, 2.75) is 34.1 Å². The molecule has 0 saturated heterocycles. The Morgan fingerprint density at radius 1 is 1.37 bits per heavy atom. The minimum Gasteiger partial charge on any atom is -0.325 e. The Balaban J connectivity index is 2.17. The van der Waals surface area contributed by atoms with E-state index in [4.69, 9.17) is 0 Å². The van der Waals surface area contributed by atoms with Crippen LogP contribution in [0.1, 0.15) is 31.9 Å². The molecule has 27 heavy (non-hydrogen) atoms.